The van der Waals surface area contributed by atoms with Crippen molar-refractivity contribution < 1.29 is 4.79 Å². The van der Waals surface area contributed by atoms with Gasteiger partial charge in [0, 0.05) is 37.6 Å². The molecule has 1 aromatic heterocycles. The first-order valence-electron chi connectivity index (χ1n) is 8.83. The number of amides is 1. The number of rotatable bonds is 3. The molecule has 1 aromatic carbocycles. The molecule has 4 rings (SSSR count). The predicted molar refractivity (Wildman–Crippen MR) is 98.4 cm³/mol. The number of carbonyl (C=O) groups is 1. The number of nitriles is 1. The molecule has 0 bridgehead atoms. The van der Waals surface area contributed by atoms with E-state index in [0.29, 0.717) is 19.0 Å². The molecule has 1 saturated heterocycles. The quantitative estimate of drug-likeness (QED) is 0.854. The normalized spacial score (nSPS) is 18.5. The molecule has 3 heterocycles. The van der Waals surface area contributed by atoms with Crippen LogP contribution >= 0.6 is 0 Å². The van der Waals surface area contributed by atoms with Gasteiger partial charge in [-0.25, -0.2) is 9.97 Å². The van der Waals surface area contributed by atoms with E-state index in [4.69, 9.17) is 0 Å². The molecule has 2 aliphatic rings. The van der Waals surface area contributed by atoms with E-state index in [-0.39, 0.29) is 11.9 Å². The van der Waals surface area contributed by atoms with Gasteiger partial charge in [-0.1, -0.05) is 12.1 Å². The summed E-state index contributed by atoms with van der Waals surface area (Å²) < 4.78 is 0. The first kappa shape index (κ1) is 16.3. The Bertz CT molecular complexity index is 890. The second-order valence-electron chi connectivity index (χ2n) is 6.51. The Labute approximate surface area is 152 Å². The molecule has 1 N–H and O–H groups in total. The third-order valence-electron chi connectivity index (χ3n) is 5.11. The van der Waals surface area contributed by atoms with E-state index in [2.05, 4.69) is 21.5 Å². The summed E-state index contributed by atoms with van der Waals surface area (Å²) in [5.41, 5.74) is 3.93. The van der Waals surface area contributed by atoms with Crippen molar-refractivity contribution in [3.63, 3.8) is 0 Å². The van der Waals surface area contributed by atoms with E-state index in [1.807, 2.05) is 29.2 Å². The van der Waals surface area contributed by atoms with Crippen molar-refractivity contribution in [3.05, 3.63) is 36.0 Å². The SMILES string of the molecule is CNc1nccc(-c2cccc3c2CCN3C(=O)[C@@H]2CCCN2C#N)n1. The van der Waals surface area contributed by atoms with Gasteiger partial charge in [-0.05, 0) is 37.0 Å². The Balaban J connectivity index is 1.68. The van der Waals surface area contributed by atoms with E-state index in [1.165, 1.54) is 0 Å². The molecule has 132 valence electrons. The van der Waals surface area contributed by atoms with Gasteiger partial charge < -0.3 is 10.2 Å². The van der Waals surface area contributed by atoms with E-state index in [9.17, 15) is 10.1 Å². The number of hydrogen-bond donors (Lipinski definition) is 1. The van der Waals surface area contributed by atoms with Gasteiger partial charge in [0.25, 0.3) is 0 Å². The topological polar surface area (TPSA) is 85.2 Å². The summed E-state index contributed by atoms with van der Waals surface area (Å²) in [7, 11) is 1.79. The summed E-state index contributed by atoms with van der Waals surface area (Å²) in [6, 6.07) is 7.53. The number of anilines is 2. The Morgan fingerprint density at radius 3 is 3.04 bits per heavy atom. The minimum absolute atomic E-state index is 0.0264. The molecule has 0 radical (unpaired) electrons. The molecule has 7 heteroatoms. The maximum atomic E-state index is 13.0. The highest BCUT2D eigenvalue weighted by Crippen LogP contribution is 2.36. The van der Waals surface area contributed by atoms with Gasteiger partial charge in [-0.2, -0.15) is 5.26 Å². The van der Waals surface area contributed by atoms with Gasteiger partial charge in [0.05, 0.1) is 5.69 Å². The molecule has 0 unspecified atom stereocenters. The highest BCUT2D eigenvalue weighted by Gasteiger charge is 2.36. The van der Waals surface area contributed by atoms with Crippen molar-refractivity contribution in [2.24, 2.45) is 0 Å². The largest absolute Gasteiger partial charge is 0.357 e. The monoisotopic (exact) mass is 348 g/mol. The van der Waals surface area contributed by atoms with Gasteiger partial charge in [-0.15, -0.1) is 0 Å². The van der Waals surface area contributed by atoms with Crippen molar-refractivity contribution in [1.82, 2.24) is 14.9 Å². The molecule has 2 aliphatic heterocycles. The molecule has 0 aliphatic carbocycles. The van der Waals surface area contributed by atoms with Crippen LogP contribution in [0.3, 0.4) is 0 Å². The van der Waals surface area contributed by atoms with E-state index in [0.717, 1.165) is 41.8 Å². The molecule has 1 fully saturated rings. The van der Waals surface area contributed by atoms with Gasteiger partial charge >= 0.3 is 0 Å². The van der Waals surface area contributed by atoms with Crippen LogP contribution in [0.2, 0.25) is 0 Å². The number of aromatic nitrogens is 2. The average Bonchev–Trinajstić information content (AvgIpc) is 3.34. The highest BCUT2D eigenvalue weighted by atomic mass is 16.2. The number of likely N-dealkylation sites (tertiary alicyclic amines) is 1. The minimum Gasteiger partial charge on any atom is -0.357 e. The van der Waals surface area contributed by atoms with Crippen LogP contribution in [0.4, 0.5) is 11.6 Å². The second-order valence-corrected chi connectivity index (χ2v) is 6.51. The Kier molecular flexibility index (Phi) is 4.17. The van der Waals surface area contributed by atoms with Crippen LogP contribution in [0.15, 0.2) is 30.5 Å². The van der Waals surface area contributed by atoms with Gasteiger partial charge in [0.1, 0.15) is 6.04 Å². The van der Waals surface area contributed by atoms with Crippen molar-refractivity contribution >= 4 is 17.5 Å². The zero-order valence-electron chi connectivity index (χ0n) is 14.6. The van der Waals surface area contributed by atoms with Crippen LogP contribution in [-0.4, -0.2) is 47.0 Å². The number of carbonyl (C=O) groups excluding carboxylic acids is 1. The summed E-state index contributed by atoms with van der Waals surface area (Å²) in [6.07, 6.45) is 6.30. The smallest absolute Gasteiger partial charge is 0.250 e. The van der Waals surface area contributed by atoms with E-state index in [1.54, 1.807) is 18.1 Å². The fourth-order valence-corrected chi connectivity index (χ4v) is 3.86. The Morgan fingerprint density at radius 1 is 1.35 bits per heavy atom. The second kappa shape index (κ2) is 6.64. The molecule has 26 heavy (non-hydrogen) atoms. The lowest BCUT2D eigenvalue weighted by Crippen LogP contribution is -2.43. The highest BCUT2D eigenvalue weighted by molar-refractivity contribution is 6.00. The van der Waals surface area contributed by atoms with Crippen LogP contribution in [-0.2, 0) is 11.2 Å². The molecular weight excluding hydrogens is 328 g/mol. The lowest BCUT2D eigenvalue weighted by atomic mass is 10.0. The first-order valence-corrected chi connectivity index (χ1v) is 8.83. The van der Waals surface area contributed by atoms with E-state index < -0.39 is 0 Å². The number of benzene rings is 1. The molecule has 1 atom stereocenters. The molecule has 7 nitrogen and oxygen atoms in total. The summed E-state index contributed by atoms with van der Waals surface area (Å²) in [4.78, 5) is 25.2. The summed E-state index contributed by atoms with van der Waals surface area (Å²) in [5.74, 6) is 0.597. The van der Waals surface area contributed by atoms with Crippen molar-refractivity contribution in [1.29, 1.82) is 5.26 Å². The maximum Gasteiger partial charge on any atom is 0.250 e. The van der Waals surface area contributed by atoms with Gasteiger partial charge in [-0.3, -0.25) is 9.69 Å². The Hall–Kier alpha value is -3.14. The predicted octanol–water partition coefficient (Wildman–Crippen LogP) is 2.02. The number of nitrogens with zero attached hydrogens (tertiary/aromatic N) is 5. The van der Waals surface area contributed by atoms with Gasteiger partial charge in [0.2, 0.25) is 11.9 Å². The van der Waals surface area contributed by atoms with Crippen molar-refractivity contribution in [3.8, 4) is 17.5 Å². The lowest BCUT2D eigenvalue weighted by Gasteiger charge is -2.25. The average molecular weight is 348 g/mol. The van der Waals surface area contributed by atoms with Crippen LogP contribution in [0, 0.1) is 11.5 Å². The fourth-order valence-electron chi connectivity index (χ4n) is 3.86. The third-order valence-corrected chi connectivity index (χ3v) is 5.11. The molecule has 0 spiro atoms. The standard InChI is InChI=1S/C19H20N6O/c1-21-19-22-9-7-15(23-19)13-4-2-5-16-14(13)8-11-25(16)18(26)17-6-3-10-24(17)12-20/h2,4-5,7,9,17H,3,6,8,10-11H2,1H3,(H,21,22,23)/t17-/m0/s1. The molecule has 0 saturated carbocycles. The molecule has 2 aromatic rings. The van der Waals surface area contributed by atoms with E-state index >= 15 is 0 Å². The summed E-state index contributed by atoms with van der Waals surface area (Å²) >= 11 is 0. The van der Waals surface area contributed by atoms with Crippen molar-refractivity contribution in [2.45, 2.75) is 25.3 Å². The van der Waals surface area contributed by atoms with Crippen LogP contribution < -0.4 is 10.2 Å². The van der Waals surface area contributed by atoms with Crippen molar-refractivity contribution in [2.75, 3.05) is 30.4 Å². The summed E-state index contributed by atoms with van der Waals surface area (Å²) in [6.45, 7) is 1.31. The first-order chi connectivity index (χ1) is 12.7. The molecule has 1 amide bonds. The Morgan fingerprint density at radius 2 is 2.23 bits per heavy atom. The lowest BCUT2D eigenvalue weighted by molar-refractivity contribution is -0.121. The van der Waals surface area contributed by atoms with Crippen LogP contribution in [0.25, 0.3) is 11.3 Å². The number of hydrogen-bond acceptors (Lipinski definition) is 6. The zero-order valence-corrected chi connectivity index (χ0v) is 14.6. The third kappa shape index (κ3) is 2.64. The fraction of sp³-hybridized carbons (Fsp3) is 0.368. The van der Waals surface area contributed by atoms with Crippen LogP contribution in [0.1, 0.15) is 18.4 Å². The minimum atomic E-state index is -0.329. The molecular formula is C19H20N6O. The number of nitrogens with one attached hydrogen (secondary N) is 1. The number of fused-ring (bicyclic) bond motifs is 1. The zero-order chi connectivity index (χ0) is 18.1. The maximum absolute atomic E-state index is 13.0. The summed E-state index contributed by atoms with van der Waals surface area (Å²) in [5, 5.41) is 12.2. The van der Waals surface area contributed by atoms with Gasteiger partial charge in [0.15, 0.2) is 6.19 Å². The van der Waals surface area contributed by atoms with Crippen LogP contribution in [0.5, 0.6) is 0 Å².